The van der Waals surface area contributed by atoms with Crippen molar-refractivity contribution in [2.45, 2.75) is 6.92 Å². The number of aromatic nitrogens is 2. The first kappa shape index (κ1) is 3.13. The number of nitrogens with zero attached hydrogens (tertiary/aromatic N) is 2. The molecule has 1 aromatic heterocycles. The van der Waals surface area contributed by atoms with Crippen LogP contribution < -0.4 is 0 Å². The Morgan fingerprint density at radius 1 is 1.71 bits per heavy atom. The molecule has 1 aromatic rings. The minimum atomic E-state index is 0.444. The topological polar surface area (TPSA) is 25.8 Å². The van der Waals surface area contributed by atoms with Crippen molar-refractivity contribution in [3.63, 3.8) is 0 Å². The van der Waals surface area contributed by atoms with Gasteiger partial charge in [-0.05, 0) is 18.5 Å². The molecule has 0 radical (unpaired) electrons. The number of rotatable bonds is 0. The van der Waals surface area contributed by atoms with Gasteiger partial charge in [0.2, 0.25) is 0 Å². The van der Waals surface area contributed by atoms with Crippen LogP contribution in [0.5, 0.6) is 0 Å². The van der Waals surface area contributed by atoms with Crippen molar-refractivity contribution in [2.24, 2.45) is 0 Å². The highest BCUT2D eigenvalue weighted by Crippen LogP contribution is 1.85. The van der Waals surface area contributed by atoms with Gasteiger partial charge in [-0.3, -0.25) is 0 Å². The molecular weight excluding hydrogens is 88.1 g/mol. The second-order valence-corrected chi connectivity index (χ2v) is 1.32. The summed E-state index contributed by atoms with van der Waals surface area (Å²) in [5.74, 6) is 0. The molecule has 0 unspecified atom stereocenters. The Bertz CT molecular complexity index is 167. The second kappa shape index (κ2) is 1.69. The van der Waals surface area contributed by atoms with E-state index in [9.17, 15) is 0 Å². The van der Waals surface area contributed by atoms with Crippen LogP contribution in [0.4, 0.5) is 0 Å². The molecule has 0 aliphatic rings. The van der Waals surface area contributed by atoms with Crippen LogP contribution in [0.25, 0.3) is 0 Å². The maximum absolute atomic E-state index is 7.12. The number of hydrogen-bond acceptors (Lipinski definition) is 2. The first-order valence-corrected chi connectivity index (χ1v) is 2.04. The van der Waals surface area contributed by atoms with E-state index in [0.29, 0.717) is 6.04 Å². The second-order valence-electron chi connectivity index (χ2n) is 1.32. The summed E-state index contributed by atoms with van der Waals surface area (Å²) in [5.41, 5.74) is 0.861. The molecule has 0 aliphatic carbocycles. The van der Waals surface area contributed by atoms with Gasteiger partial charge in [0, 0.05) is 6.20 Å². The zero-order chi connectivity index (χ0) is 5.98. The van der Waals surface area contributed by atoms with Crippen LogP contribution in [-0.2, 0) is 0 Å². The average molecular weight is 95.1 g/mol. The van der Waals surface area contributed by atoms with Gasteiger partial charge in [0.15, 0.2) is 0 Å². The summed E-state index contributed by atoms with van der Waals surface area (Å²) in [5, 5.41) is 7.08. The zero-order valence-corrected chi connectivity index (χ0v) is 4.05. The summed E-state index contributed by atoms with van der Waals surface area (Å²) in [6.45, 7) is 1.83. The molecule has 0 saturated heterocycles. The monoisotopic (exact) mass is 95.1 g/mol. The van der Waals surface area contributed by atoms with Crippen LogP contribution in [0.3, 0.4) is 0 Å². The van der Waals surface area contributed by atoms with Crippen LogP contribution in [0.1, 0.15) is 6.93 Å². The van der Waals surface area contributed by atoms with Gasteiger partial charge in [-0.15, -0.1) is 0 Å². The predicted molar refractivity (Wildman–Crippen MR) is 26.8 cm³/mol. The molecule has 2 heteroatoms. The molecule has 0 spiro atoms. The average Bonchev–Trinajstić information content (AvgIpc) is 1.77. The van der Waals surface area contributed by atoms with Gasteiger partial charge in [0.05, 0.1) is 7.57 Å². The van der Waals surface area contributed by atoms with Crippen molar-refractivity contribution in [3.05, 3.63) is 24.0 Å². The number of hydrogen-bond donors (Lipinski definition) is 0. The standard InChI is InChI=1S/C5H6N2/c1-5-2-3-6-7-4-5/h2-4H,1H3/i2D. The molecule has 0 atom stereocenters. The van der Waals surface area contributed by atoms with Crippen LogP contribution in [-0.4, -0.2) is 10.2 Å². The summed E-state index contributed by atoms with van der Waals surface area (Å²) in [7, 11) is 0. The highest BCUT2D eigenvalue weighted by Gasteiger charge is 1.74. The maximum atomic E-state index is 7.12. The minimum Gasteiger partial charge on any atom is -0.159 e. The van der Waals surface area contributed by atoms with E-state index < -0.39 is 0 Å². The summed E-state index contributed by atoms with van der Waals surface area (Å²) >= 11 is 0. The van der Waals surface area contributed by atoms with Crippen LogP contribution in [0, 0.1) is 6.92 Å². The highest BCUT2D eigenvalue weighted by atomic mass is 15.1. The SMILES string of the molecule is [2H]c1cnncc1C. The third kappa shape index (κ3) is 0.961. The van der Waals surface area contributed by atoms with Gasteiger partial charge in [-0.25, -0.2) is 0 Å². The Labute approximate surface area is 43.6 Å². The Kier molecular flexibility index (Phi) is 0.754. The van der Waals surface area contributed by atoms with Gasteiger partial charge < -0.3 is 0 Å². The van der Waals surface area contributed by atoms with Crippen molar-refractivity contribution >= 4 is 0 Å². The molecule has 0 aromatic carbocycles. The lowest BCUT2D eigenvalue weighted by Gasteiger charge is -1.80. The van der Waals surface area contributed by atoms with Crippen LogP contribution in [0.15, 0.2) is 18.4 Å². The summed E-state index contributed by atoms with van der Waals surface area (Å²) < 4.78 is 7.12. The fraction of sp³-hybridized carbons (Fsp3) is 0.200. The molecule has 0 bridgehead atoms. The van der Waals surface area contributed by atoms with E-state index in [1.54, 1.807) is 6.20 Å². The van der Waals surface area contributed by atoms with Gasteiger partial charge in [0.25, 0.3) is 0 Å². The molecule has 0 fully saturated rings. The molecule has 0 amide bonds. The van der Waals surface area contributed by atoms with E-state index >= 15 is 0 Å². The molecule has 1 heterocycles. The first-order chi connectivity index (χ1) is 3.80. The quantitative estimate of drug-likeness (QED) is 0.476. The lowest BCUT2D eigenvalue weighted by Crippen LogP contribution is -1.76. The summed E-state index contributed by atoms with van der Waals surface area (Å²) in [6, 6.07) is 0.444. The van der Waals surface area contributed by atoms with Gasteiger partial charge >= 0.3 is 0 Å². The first-order valence-electron chi connectivity index (χ1n) is 2.54. The van der Waals surface area contributed by atoms with Crippen LogP contribution in [0.2, 0.25) is 0 Å². The van der Waals surface area contributed by atoms with E-state index in [2.05, 4.69) is 10.2 Å². The van der Waals surface area contributed by atoms with Crippen molar-refractivity contribution in [1.82, 2.24) is 10.2 Å². The van der Waals surface area contributed by atoms with E-state index in [-0.39, 0.29) is 0 Å². The van der Waals surface area contributed by atoms with Crippen LogP contribution >= 0.6 is 0 Å². The van der Waals surface area contributed by atoms with Crippen molar-refractivity contribution in [3.8, 4) is 0 Å². The lowest BCUT2D eigenvalue weighted by atomic mass is 10.4. The Balaban J connectivity index is 3.13. The van der Waals surface area contributed by atoms with Gasteiger partial charge in [-0.2, -0.15) is 10.2 Å². The molecule has 1 rings (SSSR count). The van der Waals surface area contributed by atoms with E-state index in [1.807, 2.05) is 6.92 Å². The van der Waals surface area contributed by atoms with Crippen molar-refractivity contribution < 1.29 is 1.37 Å². The largest absolute Gasteiger partial charge is 0.159 e. The Hall–Kier alpha value is -0.920. The normalized spacial score (nSPS) is 10.7. The zero-order valence-electron chi connectivity index (χ0n) is 5.05. The number of aryl methyl sites for hydroxylation is 1. The van der Waals surface area contributed by atoms with E-state index in [0.717, 1.165) is 5.56 Å². The van der Waals surface area contributed by atoms with Gasteiger partial charge in [0.1, 0.15) is 0 Å². The van der Waals surface area contributed by atoms with Crippen molar-refractivity contribution in [2.75, 3.05) is 0 Å². The predicted octanol–water partition coefficient (Wildman–Crippen LogP) is 0.785. The molecule has 36 valence electrons. The van der Waals surface area contributed by atoms with E-state index in [4.69, 9.17) is 1.37 Å². The molecule has 2 nitrogen and oxygen atoms in total. The molecular formula is C5H6N2. The third-order valence-corrected chi connectivity index (χ3v) is 0.668. The molecule has 7 heavy (non-hydrogen) atoms. The molecule has 0 saturated carbocycles. The molecule has 0 aliphatic heterocycles. The highest BCUT2D eigenvalue weighted by molar-refractivity contribution is 5.00. The third-order valence-electron chi connectivity index (χ3n) is 0.668. The maximum Gasteiger partial charge on any atom is 0.0643 e. The Morgan fingerprint density at radius 3 is 3.00 bits per heavy atom. The van der Waals surface area contributed by atoms with E-state index in [1.165, 1.54) is 6.20 Å². The summed E-state index contributed by atoms with van der Waals surface area (Å²) in [4.78, 5) is 0. The van der Waals surface area contributed by atoms with Gasteiger partial charge in [-0.1, -0.05) is 0 Å². The fourth-order valence-electron chi connectivity index (χ4n) is 0.321. The fourth-order valence-corrected chi connectivity index (χ4v) is 0.321. The van der Waals surface area contributed by atoms with Crippen molar-refractivity contribution in [1.29, 1.82) is 0 Å². The molecule has 0 N–H and O–H groups in total. The lowest BCUT2D eigenvalue weighted by molar-refractivity contribution is 1.01. The Morgan fingerprint density at radius 2 is 2.57 bits per heavy atom. The minimum absolute atomic E-state index is 0.444. The summed E-state index contributed by atoms with van der Waals surface area (Å²) in [6.07, 6.45) is 3.00. The smallest absolute Gasteiger partial charge is 0.0643 e.